The molecule has 0 bridgehead atoms. The summed E-state index contributed by atoms with van der Waals surface area (Å²) in [6, 6.07) is 0. The predicted octanol–water partition coefficient (Wildman–Crippen LogP) is 2.26. The molecule has 1 amide bonds. The lowest BCUT2D eigenvalue weighted by Gasteiger charge is -2.17. The topological polar surface area (TPSA) is 43.1 Å². The van der Waals surface area contributed by atoms with Gasteiger partial charge in [0.1, 0.15) is 0 Å². The molecule has 0 saturated heterocycles. The molecular weight excluding hydrogens is 186 g/mol. The third-order valence-corrected chi connectivity index (χ3v) is 3.51. The van der Waals surface area contributed by atoms with Crippen LogP contribution >= 0.6 is 0 Å². The van der Waals surface area contributed by atoms with Crippen LogP contribution < -0.4 is 5.73 Å². The predicted molar refractivity (Wildman–Crippen MR) is 63.0 cm³/mol. The number of amides is 1. The number of hydrogen-bond donors (Lipinski definition) is 1. The molecule has 0 heterocycles. The minimum atomic E-state index is -0.260. The summed E-state index contributed by atoms with van der Waals surface area (Å²) < 4.78 is 0. The summed E-state index contributed by atoms with van der Waals surface area (Å²) in [6.45, 7) is 10.4. The van der Waals surface area contributed by atoms with Crippen LogP contribution in [0.3, 0.4) is 0 Å². The van der Waals surface area contributed by atoms with Crippen molar-refractivity contribution in [2.45, 2.75) is 41.0 Å². The minimum Gasteiger partial charge on any atom is -0.369 e. The van der Waals surface area contributed by atoms with E-state index in [1.54, 1.807) is 0 Å². The maximum atomic E-state index is 11.0. The molecular formula is C13H19NO. The van der Waals surface area contributed by atoms with Crippen LogP contribution in [-0.4, -0.2) is 5.91 Å². The van der Waals surface area contributed by atoms with Gasteiger partial charge in [-0.2, -0.15) is 0 Å². The van der Waals surface area contributed by atoms with E-state index in [1.165, 1.54) is 27.8 Å². The van der Waals surface area contributed by atoms with Crippen molar-refractivity contribution in [2.24, 2.45) is 5.73 Å². The number of primary amides is 1. The van der Waals surface area contributed by atoms with E-state index in [2.05, 4.69) is 34.6 Å². The van der Waals surface area contributed by atoms with E-state index in [-0.39, 0.29) is 5.91 Å². The van der Waals surface area contributed by atoms with Crippen molar-refractivity contribution in [3.05, 3.63) is 33.4 Å². The molecule has 1 aromatic rings. The number of benzene rings is 1. The monoisotopic (exact) mass is 205 g/mol. The van der Waals surface area contributed by atoms with Crippen LogP contribution in [0.5, 0.6) is 0 Å². The fourth-order valence-electron chi connectivity index (χ4n) is 2.02. The van der Waals surface area contributed by atoms with Gasteiger partial charge in [-0.1, -0.05) is 0 Å². The van der Waals surface area contributed by atoms with Crippen LogP contribution in [0.15, 0.2) is 0 Å². The van der Waals surface area contributed by atoms with Crippen molar-refractivity contribution < 1.29 is 4.79 Å². The number of carbonyl (C=O) groups is 1. The summed E-state index contributed by atoms with van der Waals surface area (Å²) in [4.78, 5) is 11.0. The van der Waals surface area contributed by atoms with Gasteiger partial charge in [0.2, 0.25) is 5.91 Å². The summed E-state index contributed by atoms with van der Waals surface area (Å²) in [5.74, 6) is -0.260. The van der Waals surface area contributed by atoms with Crippen LogP contribution in [0.2, 0.25) is 0 Å². The molecule has 0 unspecified atom stereocenters. The molecule has 0 atom stereocenters. The highest BCUT2D eigenvalue weighted by atomic mass is 16.1. The highest BCUT2D eigenvalue weighted by molar-refractivity contribution is 5.78. The fourth-order valence-corrected chi connectivity index (χ4v) is 2.02. The highest BCUT2D eigenvalue weighted by Gasteiger charge is 2.13. The van der Waals surface area contributed by atoms with Gasteiger partial charge < -0.3 is 5.73 Å². The Kier molecular flexibility index (Phi) is 3.18. The minimum absolute atomic E-state index is 0.260. The third-order valence-electron chi connectivity index (χ3n) is 3.51. The molecule has 0 spiro atoms. The maximum Gasteiger partial charge on any atom is 0.221 e. The Hall–Kier alpha value is -1.31. The maximum absolute atomic E-state index is 11.0. The first-order chi connectivity index (χ1) is 6.86. The summed E-state index contributed by atoms with van der Waals surface area (Å²) in [5.41, 5.74) is 12.6. The van der Waals surface area contributed by atoms with Gasteiger partial charge in [0.15, 0.2) is 0 Å². The molecule has 0 aliphatic heterocycles. The van der Waals surface area contributed by atoms with Gasteiger partial charge in [-0.15, -0.1) is 0 Å². The number of hydrogen-bond acceptors (Lipinski definition) is 1. The molecule has 0 fully saturated rings. The average molecular weight is 205 g/mol. The van der Waals surface area contributed by atoms with E-state index >= 15 is 0 Å². The highest BCUT2D eigenvalue weighted by Crippen LogP contribution is 2.26. The lowest BCUT2D eigenvalue weighted by Crippen LogP contribution is -2.16. The van der Waals surface area contributed by atoms with Crippen LogP contribution in [0.1, 0.15) is 33.4 Å². The average Bonchev–Trinajstić information content (AvgIpc) is 2.18. The van der Waals surface area contributed by atoms with Gasteiger partial charge >= 0.3 is 0 Å². The molecule has 0 aliphatic rings. The second-order valence-corrected chi connectivity index (χ2v) is 4.25. The van der Waals surface area contributed by atoms with Gasteiger partial charge in [-0.3, -0.25) is 4.79 Å². The number of rotatable bonds is 2. The first-order valence-electron chi connectivity index (χ1n) is 5.20. The van der Waals surface area contributed by atoms with Crippen molar-refractivity contribution in [1.82, 2.24) is 0 Å². The Morgan fingerprint density at radius 2 is 1.20 bits per heavy atom. The molecule has 1 aromatic carbocycles. The molecule has 15 heavy (non-hydrogen) atoms. The Morgan fingerprint density at radius 3 is 1.53 bits per heavy atom. The number of nitrogens with two attached hydrogens (primary N) is 1. The van der Waals surface area contributed by atoms with E-state index in [4.69, 9.17) is 5.73 Å². The third kappa shape index (κ3) is 2.04. The normalized spacial score (nSPS) is 10.5. The largest absolute Gasteiger partial charge is 0.369 e. The smallest absolute Gasteiger partial charge is 0.221 e. The molecule has 1 rings (SSSR count). The van der Waals surface area contributed by atoms with Crippen molar-refractivity contribution in [3.8, 4) is 0 Å². The molecule has 0 radical (unpaired) electrons. The van der Waals surface area contributed by atoms with E-state index in [9.17, 15) is 4.79 Å². The second kappa shape index (κ2) is 4.05. The molecule has 0 aromatic heterocycles. The molecule has 82 valence electrons. The molecule has 2 N–H and O–H groups in total. The van der Waals surface area contributed by atoms with Gasteiger partial charge in [-0.25, -0.2) is 0 Å². The summed E-state index contributed by atoms with van der Waals surface area (Å²) in [7, 11) is 0. The Balaban J connectivity index is 3.45. The summed E-state index contributed by atoms with van der Waals surface area (Å²) >= 11 is 0. The van der Waals surface area contributed by atoms with E-state index in [1.807, 2.05) is 0 Å². The fraction of sp³-hybridized carbons (Fsp3) is 0.462. The SMILES string of the molecule is Cc1c(C)c(C)c(CC(N)=O)c(C)c1C. The van der Waals surface area contributed by atoms with E-state index in [0.29, 0.717) is 6.42 Å². The Bertz CT molecular complexity index is 390. The number of carbonyl (C=O) groups excluding carboxylic acids is 1. The standard InChI is InChI=1S/C13H19NO/c1-7-8(2)10(4)12(6-13(14)15)11(5)9(7)3/h6H2,1-5H3,(H2,14,15). The Labute approximate surface area is 91.5 Å². The quantitative estimate of drug-likeness (QED) is 0.790. The van der Waals surface area contributed by atoms with Crippen LogP contribution in [0, 0.1) is 34.6 Å². The summed E-state index contributed by atoms with van der Waals surface area (Å²) in [6.07, 6.45) is 0.347. The molecule has 2 heteroatoms. The zero-order valence-electron chi connectivity index (χ0n) is 10.2. The lowest BCUT2D eigenvalue weighted by atomic mass is 9.88. The van der Waals surface area contributed by atoms with Crippen molar-refractivity contribution in [3.63, 3.8) is 0 Å². The molecule has 0 aliphatic carbocycles. The van der Waals surface area contributed by atoms with Crippen LogP contribution in [-0.2, 0) is 11.2 Å². The Morgan fingerprint density at radius 1 is 0.867 bits per heavy atom. The lowest BCUT2D eigenvalue weighted by molar-refractivity contribution is -0.117. The van der Waals surface area contributed by atoms with Gasteiger partial charge in [0.05, 0.1) is 6.42 Å². The first kappa shape index (κ1) is 11.8. The van der Waals surface area contributed by atoms with Crippen molar-refractivity contribution >= 4 is 5.91 Å². The zero-order valence-corrected chi connectivity index (χ0v) is 10.2. The van der Waals surface area contributed by atoms with E-state index < -0.39 is 0 Å². The van der Waals surface area contributed by atoms with Crippen LogP contribution in [0.25, 0.3) is 0 Å². The second-order valence-electron chi connectivity index (χ2n) is 4.25. The first-order valence-corrected chi connectivity index (χ1v) is 5.20. The van der Waals surface area contributed by atoms with Crippen LogP contribution in [0.4, 0.5) is 0 Å². The van der Waals surface area contributed by atoms with Gasteiger partial charge in [0, 0.05) is 0 Å². The van der Waals surface area contributed by atoms with Gasteiger partial charge in [0.25, 0.3) is 0 Å². The molecule has 0 saturated carbocycles. The molecule has 2 nitrogen and oxygen atoms in total. The summed E-state index contributed by atoms with van der Waals surface area (Å²) in [5, 5.41) is 0. The van der Waals surface area contributed by atoms with E-state index in [0.717, 1.165) is 5.56 Å². The van der Waals surface area contributed by atoms with Gasteiger partial charge in [-0.05, 0) is 68.0 Å². The zero-order chi connectivity index (χ0) is 11.7. The van der Waals surface area contributed by atoms with Crippen molar-refractivity contribution in [2.75, 3.05) is 0 Å². The van der Waals surface area contributed by atoms with Crippen molar-refractivity contribution in [1.29, 1.82) is 0 Å².